The van der Waals surface area contributed by atoms with Crippen LogP contribution in [0.25, 0.3) is 0 Å². The number of piperidine rings is 1. The van der Waals surface area contributed by atoms with Gasteiger partial charge in [-0.2, -0.15) is 4.31 Å². The minimum atomic E-state index is -3.59. The first kappa shape index (κ1) is 23.1. The van der Waals surface area contributed by atoms with Crippen molar-refractivity contribution in [3.05, 3.63) is 54.1 Å². The first-order chi connectivity index (χ1) is 14.9. The number of carbonyl (C=O) groups excluding carboxylic acids is 1. The van der Waals surface area contributed by atoms with Crippen LogP contribution in [0.2, 0.25) is 0 Å². The third-order valence-electron chi connectivity index (χ3n) is 5.35. The molecule has 7 nitrogen and oxygen atoms in total. The first-order valence-corrected chi connectivity index (χ1v) is 11.9. The second-order valence-electron chi connectivity index (χ2n) is 7.35. The highest BCUT2D eigenvalue weighted by atomic mass is 32.2. The molecule has 8 heteroatoms. The molecule has 0 N–H and O–H groups in total. The van der Waals surface area contributed by atoms with E-state index < -0.39 is 10.0 Å². The molecule has 168 valence electrons. The van der Waals surface area contributed by atoms with Crippen LogP contribution in [-0.2, 0) is 26.0 Å². The van der Waals surface area contributed by atoms with Crippen molar-refractivity contribution in [2.45, 2.75) is 31.1 Å². The van der Waals surface area contributed by atoms with Gasteiger partial charge in [-0.15, -0.1) is 0 Å². The summed E-state index contributed by atoms with van der Waals surface area (Å²) in [6, 6.07) is 14.1. The number of ether oxygens (including phenoxy) is 3. The first-order valence-electron chi connectivity index (χ1n) is 10.5. The van der Waals surface area contributed by atoms with Crippen LogP contribution in [0.15, 0.2) is 53.4 Å². The SMILES string of the molecule is CCOc1ccc(S(=O)(=O)N2CCC(C(=O)OCCc3ccc(OC)cc3)CC2)cc1. The molecular formula is C23H29NO6S. The molecular weight excluding hydrogens is 418 g/mol. The Morgan fingerprint density at radius 1 is 1.00 bits per heavy atom. The molecule has 0 saturated carbocycles. The number of hydrogen-bond donors (Lipinski definition) is 0. The summed E-state index contributed by atoms with van der Waals surface area (Å²) in [6.45, 7) is 3.30. The fourth-order valence-corrected chi connectivity index (χ4v) is 5.00. The maximum atomic E-state index is 12.9. The minimum Gasteiger partial charge on any atom is -0.497 e. The molecule has 2 aromatic carbocycles. The van der Waals surface area contributed by atoms with E-state index >= 15 is 0 Å². The van der Waals surface area contributed by atoms with Crippen LogP contribution in [0.4, 0.5) is 0 Å². The molecule has 2 aromatic rings. The van der Waals surface area contributed by atoms with Crippen molar-refractivity contribution in [2.75, 3.05) is 33.4 Å². The second kappa shape index (κ2) is 10.6. The molecule has 1 aliphatic heterocycles. The van der Waals surface area contributed by atoms with Gasteiger partial charge in [0.1, 0.15) is 11.5 Å². The van der Waals surface area contributed by atoms with Gasteiger partial charge in [0.15, 0.2) is 0 Å². The van der Waals surface area contributed by atoms with Crippen molar-refractivity contribution >= 4 is 16.0 Å². The van der Waals surface area contributed by atoms with E-state index in [0.29, 0.717) is 51.3 Å². The maximum Gasteiger partial charge on any atom is 0.309 e. The van der Waals surface area contributed by atoms with E-state index in [1.807, 2.05) is 31.2 Å². The van der Waals surface area contributed by atoms with E-state index in [4.69, 9.17) is 14.2 Å². The van der Waals surface area contributed by atoms with Crippen molar-refractivity contribution in [2.24, 2.45) is 5.92 Å². The molecule has 0 spiro atoms. The highest BCUT2D eigenvalue weighted by molar-refractivity contribution is 7.89. The molecule has 0 unspecified atom stereocenters. The third-order valence-corrected chi connectivity index (χ3v) is 7.27. The number of esters is 1. The molecule has 0 aliphatic carbocycles. The summed E-state index contributed by atoms with van der Waals surface area (Å²) in [6.07, 6.45) is 1.54. The number of benzene rings is 2. The Morgan fingerprint density at radius 3 is 2.19 bits per heavy atom. The number of rotatable bonds is 9. The average molecular weight is 448 g/mol. The number of carbonyl (C=O) groups is 1. The maximum absolute atomic E-state index is 12.9. The predicted octanol–water partition coefficient (Wildman–Crippen LogP) is 3.28. The second-order valence-corrected chi connectivity index (χ2v) is 9.29. The molecule has 3 rings (SSSR count). The Morgan fingerprint density at radius 2 is 1.61 bits per heavy atom. The Kier molecular flexibility index (Phi) is 7.92. The van der Waals surface area contributed by atoms with Crippen molar-refractivity contribution in [3.63, 3.8) is 0 Å². The van der Waals surface area contributed by atoms with E-state index in [1.54, 1.807) is 31.4 Å². The fourth-order valence-electron chi connectivity index (χ4n) is 3.53. The minimum absolute atomic E-state index is 0.233. The van der Waals surface area contributed by atoms with Crippen LogP contribution in [0.5, 0.6) is 11.5 Å². The monoisotopic (exact) mass is 447 g/mol. The summed E-state index contributed by atoms with van der Waals surface area (Å²) in [5, 5.41) is 0. The van der Waals surface area contributed by atoms with Gasteiger partial charge in [0.25, 0.3) is 0 Å². The van der Waals surface area contributed by atoms with Gasteiger partial charge in [-0.25, -0.2) is 8.42 Å². The number of sulfonamides is 1. The predicted molar refractivity (Wildman–Crippen MR) is 117 cm³/mol. The van der Waals surface area contributed by atoms with Gasteiger partial charge in [-0.3, -0.25) is 4.79 Å². The Hall–Kier alpha value is -2.58. The van der Waals surface area contributed by atoms with Crippen LogP contribution in [0.1, 0.15) is 25.3 Å². The van der Waals surface area contributed by atoms with E-state index in [9.17, 15) is 13.2 Å². The normalized spacial score (nSPS) is 15.4. The smallest absolute Gasteiger partial charge is 0.309 e. The lowest BCUT2D eigenvalue weighted by Crippen LogP contribution is -2.40. The van der Waals surface area contributed by atoms with E-state index in [-0.39, 0.29) is 16.8 Å². The Balaban J connectivity index is 1.47. The van der Waals surface area contributed by atoms with Gasteiger partial charge in [-0.1, -0.05) is 12.1 Å². The van der Waals surface area contributed by atoms with Crippen LogP contribution in [0.3, 0.4) is 0 Å². The number of hydrogen-bond acceptors (Lipinski definition) is 6. The van der Waals surface area contributed by atoms with Gasteiger partial charge >= 0.3 is 5.97 Å². The van der Waals surface area contributed by atoms with Gasteiger partial charge < -0.3 is 14.2 Å². The molecule has 0 atom stereocenters. The summed E-state index contributed by atoms with van der Waals surface area (Å²) in [7, 11) is -1.97. The van der Waals surface area contributed by atoms with Gasteiger partial charge in [0, 0.05) is 19.5 Å². The zero-order chi connectivity index (χ0) is 22.3. The fraction of sp³-hybridized carbons (Fsp3) is 0.435. The lowest BCUT2D eigenvalue weighted by Gasteiger charge is -2.30. The molecule has 0 bridgehead atoms. The molecule has 0 amide bonds. The van der Waals surface area contributed by atoms with Gasteiger partial charge in [-0.05, 0) is 61.7 Å². The Labute approximate surface area is 184 Å². The van der Waals surface area contributed by atoms with Gasteiger partial charge in [0.05, 0.1) is 31.1 Å². The van der Waals surface area contributed by atoms with E-state index in [1.165, 1.54) is 4.31 Å². The molecule has 1 heterocycles. The molecule has 1 fully saturated rings. The topological polar surface area (TPSA) is 82.1 Å². The summed E-state index contributed by atoms with van der Waals surface area (Å²) in [4.78, 5) is 12.6. The van der Waals surface area contributed by atoms with Crippen LogP contribution >= 0.6 is 0 Å². The zero-order valence-corrected chi connectivity index (χ0v) is 18.8. The summed E-state index contributed by atoms with van der Waals surface area (Å²) >= 11 is 0. The molecule has 0 radical (unpaired) electrons. The lowest BCUT2D eigenvalue weighted by molar-refractivity contribution is -0.149. The van der Waals surface area contributed by atoms with Crippen molar-refractivity contribution < 1.29 is 27.4 Å². The van der Waals surface area contributed by atoms with Crippen molar-refractivity contribution in [1.29, 1.82) is 0 Å². The molecule has 1 aliphatic rings. The van der Waals surface area contributed by atoms with Crippen LogP contribution in [0, 0.1) is 5.92 Å². The molecule has 31 heavy (non-hydrogen) atoms. The molecule has 0 aromatic heterocycles. The van der Waals surface area contributed by atoms with Crippen LogP contribution in [-0.4, -0.2) is 52.1 Å². The number of nitrogens with zero attached hydrogens (tertiary/aromatic N) is 1. The van der Waals surface area contributed by atoms with Crippen LogP contribution < -0.4 is 9.47 Å². The quantitative estimate of drug-likeness (QED) is 0.549. The van der Waals surface area contributed by atoms with Crippen molar-refractivity contribution in [1.82, 2.24) is 4.31 Å². The van der Waals surface area contributed by atoms with Gasteiger partial charge in [0.2, 0.25) is 10.0 Å². The molecule has 1 saturated heterocycles. The van der Waals surface area contributed by atoms with E-state index in [0.717, 1.165) is 11.3 Å². The third kappa shape index (κ3) is 5.98. The number of methoxy groups -OCH3 is 1. The van der Waals surface area contributed by atoms with E-state index in [2.05, 4.69) is 0 Å². The summed E-state index contributed by atoms with van der Waals surface area (Å²) < 4.78 is 43.1. The van der Waals surface area contributed by atoms with Crippen molar-refractivity contribution in [3.8, 4) is 11.5 Å². The highest BCUT2D eigenvalue weighted by Crippen LogP contribution is 2.26. The Bertz CT molecular complexity index is 949. The highest BCUT2D eigenvalue weighted by Gasteiger charge is 2.32. The summed E-state index contributed by atoms with van der Waals surface area (Å²) in [5.74, 6) is 0.888. The summed E-state index contributed by atoms with van der Waals surface area (Å²) in [5.41, 5.74) is 1.06. The average Bonchev–Trinajstić information content (AvgIpc) is 2.80. The largest absolute Gasteiger partial charge is 0.497 e. The standard InChI is InChI=1S/C23H29NO6S/c1-3-29-21-8-10-22(11-9-21)31(26,27)24-15-12-19(13-16-24)23(25)30-17-14-18-4-6-20(28-2)7-5-18/h4-11,19H,3,12-17H2,1-2H3. The zero-order valence-electron chi connectivity index (χ0n) is 18.0. The lowest BCUT2D eigenvalue weighted by atomic mass is 9.98.